The lowest BCUT2D eigenvalue weighted by Crippen LogP contribution is -2.62. The molecule has 0 aromatic heterocycles. The van der Waals surface area contributed by atoms with E-state index in [9.17, 15) is 18.0 Å². The molecular formula is C13H14N2O4S2. The number of hydrogen-bond donors (Lipinski definition) is 0. The summed E-state index contributed by atoms with van der Waals surface area (Å²) in [5.41, 5.74) is 0.727. The number of sulfonamides is 1. The van der Waals surface area contributed by atoms with Gasteiger partial charge in [-0.15, -0.1) is 0 Å². The van der Waals surface area contributed by atoms with Crippen molar-refractivity contribution in [3.8, 4) is 0 Å². The van der Waals surface area contributed by atoms with Crippen molar-refractivity contribution in [1.82, 2.24) is 9.21 Å². The largest absolute Gasteiger partial charge is 0.289 e. The van der Waals surface area contributed by atoms with E-state index in [0.717, 1.165) is 17.3 Å². The molecule has 1 aromatic rings. The highest BCUT2D eigenvalue weighted by Gasteiger charge is 2.45. The van der Waals surface area contributed by atoms with Crippen molar-refractivity contribution in [3.63, 3.8) is 0 Å². The Bertz CT molecular complexity index is 653. The summed E-state index contributed by atoms with van der Waals surface area (Å²) in [5.74, 6) is -0.126. The Morgan fingerprint density at radius 2 is 1.81 bits per heavy atom. The van der Waals surface area contributed by atoms with Gasteiger partial charge >= 0.3 is 0 Å². The summed E-state index contributed by atoms with van der Waals surface area (Å²) in [6, 6.07) is 8.63. The van der Waals surface area contributed by atoms with Crippen molar-refractivity contribution in [2.45, 2.75) is 11.8 Å². The van der Waals surface area contributed by atoms with E-state index in [1.807, 2.05) is 6.07 Å². The van der Waals surface area contributed by atoms with Crippen molar-refractivity contribution in [2.24, 2.45) is 0 Å². The second-order valence-electron chi connectivity index (χ2n) is 5.03. The van der Waals surface area contributed by atoms with E-state index in [2.05, 4.69) is 0 Å². The molecule has 0 atom stereocenters. The Balaban J connectivity index is 1.63. The SMILES string of the molecule is O=C1CSC(=O)N1C1CN(S(=O)(=O)Cc2ccccc2)C1. The van der Waals surface area contributed by atoms with Crippen molar-refractivity contribution in [2.75, 3.05) is 18.8 Å². The molecule has 0 saturated carbocycles. The zero-order valence-corrected chi connectivity index (χ0v) is 12.8. The van der Waals surface area contributed by atoms with Crippen molar-refractivity contribution in [1.29, 1.82) is 0 Å². The Morgan fingerprint density at radius 1 is 1.14 bits per heavy atom. The predicted molar refractivity (Wildman–Crippen MR) is 79.1 cm³/mol. The third-order valence-electron chi connectivity index (χ3n) is 3.56. The topological polar surface area (TPSA) is 74.8 Å². The quantitative estimate of drug-likeness (QED) is 0.822. The number of rotatable bonds is 4. The molecule has 8 heteroatoms. The second kappa shape index (κ2) is 5.43. The third-order valence-corrected chi connectivity index (χ3v) is 6.18. The minimum Gasteiger partial charge on any atom is -0.273 e. The van der Waals surface area contributed by atoms with E-state index >= 15 is 0 Å². The molecule has 1 aromatic carbocycles. The number of carbonyl (C=O) groups excluding carboxylic acids is 2. The van der Waals surface area contributed by atoms with E-state index in [1.165, 1.54) is 9.21 Å². The number of thioether (sulfide) groups is 1. The van der Waals surface area contributed by atoms with E-state index < -0.39 is 10.0 Å². The van der Waals surface area contributed by atoms with Gasteiger partial charge in [-0.25, -0.2) is 8.42 Å². The van der Waals surface area contributed by atoms with Gasteiger partial charge in [0.05, 0.1) is 17.5 Å². The molecular weight excluding hydrogens is 312 g/mol. The van der Waals surface area contributed by atoms with Gasteiger partial charge in [0.1, 0.15) is 0 Å². The summed E-state index contributed by atoms with van der Waals surface area (Å²) in [4.78, 5) is 24.3. The monoisotopic (exact) mass is 326 g/mol. The molecule has 21 heavy (non-hydrogen) atoms. The first-order chi connectivity index (χ1) is 9.97. The van der Waals surface area contributed by atoms with Gasteiger partial charge in [-0.2, -0.15) is 4.31 Å². The maximum Gasteiger partial charge on any atom is 0.289 e. The van der Waals surface area contributed by atoms with Crippen LogP contribution in [0, 0.1) is 0 Å². The minimum atomic E-state index is -3.40. The van der Waals surface area contributed by atoms with Crippen LogP contribution in [-0.2, 0) is 20.6 Å². The van der Waals surface area contributed by atoms with E-state index in [0.29, 0.717) is 0 Å². The van der Waals surface area contributed by atoms with Crippen LogP contribution in [0.4, 0.5) is 4.79 Å². The predicted octanol–water partition coefficient (Wildman–Crippen LogP) is 0.896. The van der Waals surface area contributed by atoms with Crippen LogP contribution in [0.15, 0.2) is 30.3 Å². The Labute approximate surface area is 127 Å². The van der Waals surface area contributed by atoms with Crippen LogP contribution in [0.3, 0.4) is 0 Å². The van der Waals surface area contributed by atoms with E-state index in [-0.39, 0.29) is 41.8 Å². The fourth-order valence-corrected chi connectivity index (χ4v) is 4.77. The van der Waals surface area contributed by atoms with Crippen molar-refractivity contribution < 1.29 is 18.0 Å². The number of amides is 2. The van der Waals surface area contributed by atoms with Gasteiger partial charge in [-0.05, 0) is 5.56 Å². The van der Waals surface area contributed by atoms with Crippen LogP contribution in [0.5, 0.6) is 0 Å². The first-order valence-electron chi connectivity index (χ1n) is 6.48. The van der Waals surface area contributed by atoms with Crippen LogP contribution in [-0.4, -0.2) is 53.7 Å². The number of imide groups is 1. The maximum absolute atomic E-state index is 12.2. The van der Waals surface area contributed by atoms with Crippen LogP contribution in [0.2, 0.25) is 0 Å². The van der Waals surface area contributed by atoms with Gasteiger partial charge < -0.3 is 0 Å². The third kappa shape index (κ3) is 2.83. The first kappa shape index (κ1) is 14.6. The van der Waals surface area contributed by atoms with Crippen molar-refractivity contribution in [3.05, 3.63) is 35.9 Å². The highest BCUT2D eigenvalue weighted by atomic mass is 32.2. The molecule has 0 radical (unpaired) electrons. The van der Waals surface area contributed by atoms with Crippen LogP contribution >= 0.6 is 11.8 Å². The fourth-order valence-electron chi connectivity index (χ4n) is 2.40. The van der Waals surface area contributed by atoms with E-state index in [1.54, 1.807) is 24.3 Å². The Morgan fingerprint density at radius 3 is 2.38 bits per heavy atom. The summed E-state index contributed by atoms with van der Waals surface area (Å²) >= 11 is 0.972. The van der Waals surface area contributed by atoms with Crippen LogP contribution in [0.25, 0.3) is 0 Å². The Kier molecular flexibility index (Phi) is 3.76. The lowest BCUT2D eigenvalue weighted by molar-refractivity contribution is -0.127. The Hall–Kier alpha value is -1.38. The smallest absolute Gasteiger partial charge is 0.273 e. The van der Waals surface area contributed by atoms with Crippen molar-refractivity contribution >= 4 is 32.9 Å². The normalized spacial score (nSPS) is 20.9. The fraction of sp³-hybridized carbons (Fsp3) is 0.385. The molecule has 0 unspecified atom stereocenters. The second-order valence-corrected chi connectivity index (χ2v) is 7.93. The molecule has 0 bridgehead atoms. The number of nitrogens with zero attached hydrogens (tertiary/aromatic N) is 2. The zero-order valence-electron chi connectivity index (χ0n) is 11.1. The summed E-state index contributed by atoms with van der Waals surface area (Å²) in [6.45, 7) is 0.403. The van der Waals surface area contributed by atoms with Gasteiger partial charge in [-0.1, -0.05) is 42.1 Å². The number of carbonyl (C=O) groups is 2. The number of hydrogen-bond acceptors (Lipinski definition) is 5. The average Bonchev–Trinajstić information content (AvgIpc) is 2.69. The lowest BCUT2D eigenvalue weighted by atomic mass is 10.1. The molecule has 2 amide bonds. The molecule has 0 spiro atoms. The molecule has 2 heterocycles. The van der Waals surface area contributed by atoms with Gasteiger partial charge in [-0.3, -0.25) is 14.5 Å². The highest BCUT2D eigenvalue weighted by Crippen LogP contribution is 2.28. The molecule has 3 rings (SSSR count). The van der Waals surface area contributed by atoms with Crippen LogP contribution < -0.4 is 0 Å². The summed E-state index contributed by atoms with van der Waals surface area (Å²) in [7, 11) is -3.40. The molecule has 0 N–H and O–H groups in total. The highest BCUT2D eigenvalue weighted by molar-refractivity contribution is 8.14. The minimum absolute atomic E-state index is 0.0583. The lowest BCUT2D eigenvalue weighted by Gasteiger charge is -2.41. The van der Waals surface area contributed by atoms with Crippen LogP contribution in [0.1, 0.15) is 5.56 Å². The number of benzene rings is 1. The van der Waals surface area contributed by atoms with Gasteiger partial charge in [0.2, 0.25) is 15.9 Å². The molecule has 6 nitrogen and oxygen atoms in total. The van der Waals surface area contributed by atoms with Gasteiger partial charge in [0.15, 0.2) is 0 Å². The van der Waals surface area contributed by atoms with E-state index in [4.69, 9.17) is 0 Å². The maximum atomic E-state index is 12.2. The van der Waals surface area contributed by atoms with Gasteiger partial charge in [0.25, 0.3) is 5.24 Å². The summed E-state index contributed by atoms with van der Waals surface area (Å²) < 4.78 is 25.8. The standard InChI is InChI=1S/C13H14N2O4S2/c16-12-8-20-13(17)15(12)11-6-14(7-11)21(18,19)9-10-4-2-1-3-5-10/h1-5,11H,6-9H2. The van der Waals surface area contributed by atoms with Gasteiger partial charge in [0, 0.05) is 13.1 Å². The molecule has 0 aliphatic carbocycles. The molecule has 2 aliphatic heterocycles. The summed E-state index contributed by atoms with van der Waals surface area (Å²) in [6.07, 6.45) is 0. The molecule has 2 aliphatic rings. The zero-order chi connectivity index (χ0) is 15.0. The summed E-state index contributed by atoms with van der Waals surface area (Å²) in [5, 5.41) is -0.273. The first-order valence-corrected chi connectivity index (χ1v) is 9.07. The molecule has 112 valence electrons. The molecule has 2 saturated heterocycles. The molecule has 2 fully saturated rings. The average molecular weight is 326 g/mol.